The van der Waals surface area contributed by atoms with Crippen molar-refractivity contribution >= 4 is 5.91 Å². The quantitative estimate of drug-likeness (QED) is 0.797. The first-order chi connectivity index (χ1) is 8.31. The normalized spacial score (nSPS) is 26.4. The van der Waals surface area contributed by atoms with Crippen LogP contribution < -0.4 is 5.32 Å². The number of ether oxygens (including phenoxy) is 1. The smallest absolute Gasteiger partial charge is 0.251 e. The van der Waals surface area contributed by atoms with Crippen molar-refractivity contribution in [2.45, 2.75) is 38.7 Å². The first-order valence-corrected chi connectivity index (χ1v) is 6.92. The van der Waals surface area contributed by atoms with Crippen LogP contribution in [0.15, 0.2) is 0 Å². The molecule has 2 saturated heterocycles. The number of nitrogens with one attached hydrogen (secondary N) is 1. The molecule has 2 aliphatic heterocycles. The Morgan fingerprint density at radius 3 is 2.71 bits per heavy atom. The van der Waals surface area contributed by atoms with Gasteiger partial charge < -0.3 is 15.0 Å². The van der Waals surface area contributed by atoms with Crippen LogP contribution in [0.25, 0.3) is 0 Å². The number of carbonyl (C=O) groups excluding carboxylic acids is 1. The number of hydrogen-bond acceptors (Lipinski definition) is 3. The van der Waals surface area contributed by atoms with E-state index in [9.17, 15) is 4.79 Å². The molecular weight excluding hydrogens is 216 g/mol. The Bertz CT molecular complexity index is 244. The van der Waals surface area contributed by atoms with Crippen LogP contribution in [-0.4, -0.2) is 49.7 Å². The summed E-state index contributed by atoms with van der Waals surface area (Å²) in [7, 11) is 0. The molecule has 0 aromatic carbocycles. The summed E-state index contributed by atoms with van der Waals surface area (Å²) in [6.45, 7) is 6.85. The molecule has 1 amide bonds. The van der Waals surface area contributed by atoms with Gasteiger partial charge in [-0.15, -0.1) is 0 Å². The van der Waals surface area contributed by atoms with Crippen LogP contribution >= 0.6 is 0 Å². The highest BCUT2D eigenvalue weighted by Crippen LogP contribution is 2.20. The van der Waals surface area contributed by atoms with E-state index in [0.29, 0.717) is 0 Å². The van der Waals surface area contributed by atoms with Crippen LogP contribution in [0.1, 0.15) is 32.6 Å². The van der Waals surface area contributed by atoms with Gasteiger partial charge in [-0.25, -0.2) is 0 Å². The van der Waals surface area contributed by atoms with Crippen LogP contribution in [0, 0.1) is 5.92 Å². The maximum absolute atomic E-state index is 12.1. The SMILES string of the molecule is CCNCC1CCN(C(=O)[C@H]2CCCO2)CC1. The minimum atomic E-state index is -0.139. The molecule has 0 aromatic heterocycles. The molecule has 0 radical (unpaired) electrons. The molecule has 4 heteroatoms. The van der Waals surface area contributed by atoms with Gasteiger partial charge in [0.25, 0.3) is 5.91 Å². The van der Waals surface area contributed by atoms with E-state index >= 15 is 0 Å². The van der Waals surface area contributed by atoms with E-state index in [0.717, 1.165) is 64.4 Å². The van der Waals surface area contributed by atoms with E-state index in [1.807, 2.05) is 4.90 Å². The van der Waals surface area contributed by atoms with Crippen molar-refractivity contribution in [1.82, 2.24) is 10.2 Å². The van der Waals surface area contributed by atoms with Crippen LogP contribution in [0.5, 0.6) is 0 Å². The first kappa shape index (κ1) is 12.8. The van der Waals surface area contributed by atoms with Crippen molar-refractivity contribution in [2.75, 3.05) is 32.8 Å². The molecule has 2 rings (SSSR count). The summed E-state index contributed by atoms with van der Waals surface area (Å²) in [5.74, 6) is 0.966. The van der Waals surface area contributed by atoms with Gasteiger partial charge in [0, 0.05) is 19.7 Å². The lowest BCUT2D eigenvalue weighted by molar-refractivity contribution is -0.142. The van der Waals surface area contributed by atoms with E-state index in [1.165, 1.54) is 0 Å². The maximum Gasteiger partial charge on any atom is 0.251 e. The van der Waals surface area contributed by atoms with Crippen molar-refractivity contribution < 1.29 is 9.53 Å². The lowest BCUT2D eigenvalue weighted by Crippen LogP contribution is -2.45. The molecule has 0 bridgehead atoms. The van der Waals surface area contributed by atoms with Crippen LogP contribution in [0.2, 0.25) is 0 Å². The molecule has 98 valence electrons. The summed E-state index contributed by atoms with van der Waals surface area (Å²) in [6.07, 6.45) is 4.07. The summed E-state index contributed by atoms with van der Waals surface area (Å²) in [5.41, 5.74) is 0. The van der Waals surface area contributed by atoms with Gasteiger partial charge in [0.05, 0.1) is 0 Å². The van der Waals surface area contributed by atoms with Crippen molar-refractivity contribution in [2.24, 2.45) is 5.92 Å². The molecule has 4 nitrogen and oxygen atoms in total. The molecule has 17 heavy (non-hydrogen) atoms. The van der Waals surface area contributed by atoms with Gasteiger partial charge in [0.15, 0.2) is 0 Å². The predicted molar refractivity (Wildman–Crippen MR) is 66.8 cm³/mol. The van der Waals surface area contributed by atoms with Crippen LogP contribution in [0.3, 0.4) is 0 Å². The van der Waals surface area contributed by atoms with E-state index in [4.69, 9.17) is 4.74 Å². The van der Waals surface area contributed by atoms with Crippen molar-refractivity contribution in [3.05, 3.63) is 0 Å². The maximum atomic E-state index is 12.1. The number of carbonyl (C=O) groups is 1. The van der Waals surface area contributed by atoms with Gasteiger partial charge in [0.2, 0.25) is 0 Å². The third-order valence-corrected chi connectivity index (χ3v) is 3.81. The molecule has 0 unspecified atom stereocenters. The Morgan fingerprint density at radius 1 is 1.35 bits per heavy atom. The average molecular weight is 240 g/mol. The van der Waals surface area contributed by atoms with E-state index in [-0.39, 0.29) is 12.0 Å². The Kier molecular flexibility index (Phi) is 4.80. The largest absolute Gasteiger partial charge is 0.368 e. The predicted octanol–water partition coefficient (Wildman–Crippen LogP) is 1.01. The molecule has 0 aliphatic carbocycles. The fourth-order valence-electron chi connectivity index (χ4n) is 2.68. The van der Waals surface area contributed by atoms with Crippen LogP contribution in [-0.2, 0) is 9.53 Å². The Morgan fingerprint density at radius 2 is 2.12 bits per heavy atom. The Balaban J connectivity index is 1.72. The second-order valence-corrected chi connectivity index (χ2v) is 5.08. The van der Waals surface area contributed by atoms with Crippen molar-refractivity contribution in [1.29, 1.82) is 0 Å². The number of nitrogens with zero attached hydrogens (tertiary/aromatic N) is 1. The molecule has 0 spiro atoms. The third-order valence-electron chi connectivity index (χ3n) is 3.81. The van der Waals surface area contributed by atoms with Crippen molar-refractivity contribution in [3.63, 3.8) is 0 Å². The molecule has 1 atom stereocenters. The average Bonchev–Trinajstić information content (AvgIpc) is 2.90. The second-order valence-electron chi connectivity index (χ2n) is 5.08. The van der Waals surface area contributed by atoms with Crippen molar-refractivity contribution in [3.8, 4) is 0 Å². The van der Waals surface area contributed by atoms with E-state index in [2.05, 4.69) is 12.2 Å². The number of piperidine rings is 1. The molecule has 1 N–H and O–H groups in total. The molecule has 2 aliphatic rings. The lowest BCUT2D eigenvalue weighted by Gasteiger charge is -2.33. The standard InChI is InChI=1S/C13H24N2O2/c1-2-14-10-11-5-7-15(8-6-11)13(16)12-4-3-9-17-12/h11-12,14H,2-10H2,1H3/t12-/m1/s1. The summed E-state index contributed by atoms with van der Waals surface area (Å²) in [4.78, 5) is 14.1. The van der Waals surface area contributed by atoms with E-state index < -0.39 is 0 Å². The molecular formula is C13H24N2O2. The molecule has 0 saturated carbocycles. The van der Waals surface area contributed by atoms with Gasteiger partial charge in [-0.3, -0.25) is 4.79 Å². The van der Waals surface area contributed by atoms with Crippen LogP contribution in [0.4, 0.5) is 0 Å². The molecule has 0 aromatic rings. The summed E-state index contributed by atoms with van der Waals surface area (Å²) < 4.78 is 5.46. The third kappa shape index (κ3) is 3.42. The van der Waals surface area contributed by atoms with Gasteiger partial charge >= 0.3 is 0 Å². The first-order valence-electron chi connectivity index (χ1n) is 6.92. The number of rotatable bonds is 4. The molecule has 2 heterocycles. The highest BCUT2D eigenvalue weighted by atomic mass is 16.5. The fraction of sp³-hybridized carbons (Fsp3) is 0.923. The number of hydrogen-bond donors (Lipinski definition) is 1. The van der Waals surface area contributed by atoms with Gasteiger partial charge in [0.1, 0.15) is 6.10 Å². The topological polar surface area (TPSA) is 41.6 Å². The summed E-state index contributed by atoms with van der Waals surface area (Å²) in [6, 6.07) is 0. The highest BCUT2D eigenvalue weighted by molar-refractivity contribution is 5.81. The highest BCUT2D eigenvalue weighted by Gasteiger charge is 2.30. The summed E-state index contributed by atoms with van der Waals surface area (Å²) in [5, 5.41) is 3.39. The zero-order valence-electron chi connectivity index (χ0n) is 10.8. The summed E-state index contributed by atoms with van der Waals surface area (Å²) >= 11 is 0. The Labute approximate surface area is 104 Å². The number of amides is 1. The minimum absolute atomic E-state index is 0.139. The lowest BCUT2D eigenvalue weighted by atomic mass is 9.96. The monoisotopic (exact) mass is 240 g/mol. The molecule has 2 fully saturated rings. The Hall–Kier alpha value is -0.610. The zero-order valence-corrected chi connectivity index (χ0v) is 10.8. The van der Waals surface area contributed by atoms with Gasteiger partial charge in [-0.2, -0.15) is 0 Å². The second kappa shape index (κ2) is 6.36. The number of likely N-dealkylation sites (tertiary alicyclic amines) is 1. The van der Waals surface area contributed by atoms with Gasteiger partial charge in [-0.05, 0) is 44.7 Å². The minimum Gasteiger partial charge on any atom is -0.368 e. The fourth-order valence-corrected chi connectivity index (χ4v) is 2.68. The zero-order chi connectivity index (χ0) is 12.1. The van der Waals surface area contributed by atoms with E-state index in [1.54, 1.807) is 0 Å². The van der Waals surface area contributed by atoms with Gasteiger partial charge in [-0.1, -0.05) is 6.92 Å².